The minimum atomic E-state index is -0.664. The van der Waals surface area contributed by atoms with Crippen molar-refractivity contribution in [2.24, 2.45) is 0 Å². The standard InChI is InChI=1S/C26H32N8O2/c1-16(35)21-12-17-13-28-26(31-24(17)25(29-21)34-18-4-3-5-19(34)7-6-18)30-22-9-8-20(14-27-22)33-11-10-32(2)15-23(33)36/h8-9,12-14,16,18-19,35H,3-7,10-11,15H2,1-2H3,(H,27,28,30,31)/t16-,18?,19?/m1/s1. The fraction of sp³-hybridized carbons (Fsp3) is 0.500. The van der Waals surface area contributed by atoms with E-state index in [2.05, 4.69) is 20.2 Å². The van der Waals surface area contributed by atoms with Gasteiger partial charge >= 0.3 is 0 Å². The van der Waals surface area contributed by atoms with Gasteiger partial charge in [-0.2, -0.15) is 0 Å². The molecule has 3 aromatic rings. The molecular weight excluding hydrogens is 456 g/mol. The van der Waals surface area contributed by atoms with Crippen molar-refractivity contribution in [2.45, 2.75) is 57.2 Å². The summed E-state index contributed by atoms with van der Waals surface area (Å²) in [6.45, 7) is 3.64. The van der Waals surface area contributed by atoms with Crippen molar-refractivity contribution in [1.82, 2.24) is 24.8 Å². The first-order valence-corrected chi connectivity index (χ1v) is 12.8. The van der Waals surface area contributed by atoms with Crippen molar-refractivity contribution < 1.29 is 9.90 Å². The Hall–Kier alpha value is -3.37. The molecule has 1 amide bonds. The number of carbonyl (C=O) groups is 1. The van der Waals surface area contributed by atoms with Crippen LogP contribution in [-0.4, -0.2) is 74.6 Å². The molecule has 6 heterocycles. The third-order valence-corrected chi connectivity index (χ3v) is 7.65. The van der Waals surface area contributed by atoms with Crippen LogP contribution in [0, 0.1) is 0 Å². The number of likely N-dealkylation sites (N-methyl/N-ethyl adjacent to an activating group) is 1. The lowest BCUT2D eigenvalue weighted by molar-refractivity contribution is -0.120. The molecule has 0 saturated carbocycles. The molecule has 0 aliphatic carbocycles. The van der Waals surface area contributed by atoms with Crippen LogP contribution in [0.3, 0.4) is 0 Å². The average Bonchev–Trinajstić information content (AvgIpc) is 3.11. The number of carbonyl (C=O) groups excluding carboxylic acids is 1. The highest BCUT2D eigenvalue weighted by Crippen LogP contribution is 2.41. The predicted octanol–water partition coefficient (Wildman–Crippen LogP) is 3.02. The van der Waals surface area contributed by atoms with Crippen LogP contribution in [0.25, 0.3) is 10.9 Å². The zero-order valence-corrected chi connectivity index (χ0v) is 20.8. The van der Waals surface area contributed by atoms with Gasteiger partial charge in [-0.15, -0.1) is 0 Å². The van der Waals surface area contributed by atoms with E-state index in [4.69, 9.17) is 9.97 Å². The van der Waals surface area contributed by atoms with E-state index in [0.717, 1.165) is 29.0 Å². The molecular formula is C26H32N8O2. The van der Waals surface area contributed by atoms with Gasteiger partial charge in [0.1, 0.15) is 11.3 Å². The fourth-order valence-corrected chi connectivity index (χ4v) is 5.76. The van der Waals surface area contributed by atoms with Crippen molar-refractivity contribution in [2.75, 3.05) is 41.8 Å². The van der Waals surface area contributed by atoms with Gasteiger partial charge in [-0.3, -0.25) is 9.69 Å². The number of aromatic nitrogens is 4. The number of aliphatic hydroxyl groups is 1. The number of fused-ring (bicyclic) bond motifs is 3. The predicted molar refractivity (Wildman–Crippen MR) is 138 cm³/mol. The number of hydrogen-bond acceptors (Lipinski definition) is 9. The summed E-state index contributed by atoms with van der Waals surface area (Å²) in [4.78, 5) is 37.4. The molecule has 10 nitrogen and oxygen atoms in total. The number of amides is 1. The summed E-state index contributed by atoms with van der Waals surface area (Å²) in [5.74, 6) is 1.97. The first kappa shape index (κ1) is 23.1. The van der Waals surface area contributed by atoms with Crippen LogP contribution in [0.15, 0.2) is 30.6 Å². The van der Waals surface area contributed by atoms with Crippen molar-refractivity contribution in [3.63, 3.8) is 0 Å². The summed E-state index contributed by atoms with van der Waals surface area (Å²) in [5, 5.41) is 14.4. The Kier molecular flexibility index (Phi) is 5.93. The molecule has 3 fully saturated rings. The third-order valence-electron chi connectivity index (χ3n) is 7.65. The topological polar surface area (TPSA) is 111 Å². The number of piperazine rings is 1. The first-order chi connectivity index (χ1) is 17.5. The van der Waals surface area contributed by atoms with E-state index in [1.54, 1.807) is 24.2 Å². The number of nitrogens with zero attached hydrogens (tertiary/aromatic N) is 7. The summed E-state index contributed by atoms with van der Waals surface area (Å²) in [6.07, 6.45) is 8.77. The Morgan fingerprint density at radius 1 is 1.06 bits per heavy atom. The van der Waals surface area contributed by atoms with Gasteiger partial charge in [0.05, 0.1) is 30.2 Å². The van der Waals surface area contributed by atoms with E-state index in [0.29, 0.717) is 42.6 Å². The van der Waals surface area contributed by atoms with E-state index in [1.807, 2.05) is 30.1 Å². The number of rotatable bonds is 5. The minimum absolute atomic E-state index is 0.0763. The molecule has 6 rings (SSSR count). The molecule has 0 aromatic carbocycles. The maximum Gasteiger partial charge on any atom is 0.241 e. The van der Waals surface area contributed by atoms with Gasteiger partial charge in [-0.25, -0.2) is 19.9 Å². The Bertz CT molecular complexity index is 1260. The Morgan fingerprint density at radius 2 is 1.86 bits per heavy atom. The Morgan fingerprint density at radius 3 is 2.56 bits per heavy atom. The fourth-order valence-electron chi connectivity index (χ4n) is 5.76. The third kappa shape index (κ3) is 4.24. The number of aliphatic hydroxyl groups excluding tert-OH is 1. The van der Waals surface area contributed by atoms with Crippen LogP contribution in [-0.2, 0) is 4.79 Å². The molecule has 2 unspecified atom stereocenters. The van der Waals surface area contributed by atoms with Crippen molar-refractivity contribution in [3.8, 4) is 0 Å². The zero-order valence-electron chi connectivity index (χ0n) is 20.8. The number of nitrogens with one attached hydrogen (secondary N) is 1. The van der Waals surface area contributed by atoms with E-state index < -0.39 is 6.10 Å². The number of pyridine rings is 2. The van der Waals surface area contributed by atoms with Crippen LogP contribution in [0.5, 0.6) is 0 Å². The molecule has 0 spiro atoms. The normalized spacial score (nSPS) is 23.4. The Balaban J connectivity index is 1.30. The molecule has 2 N–H and O–H groups in total. The van der Waals surface area contributed by atoms with Gasteiger partial charge in [-0.05, 0) is 64.3 Å². The van der Waals surface area contributed by atoms with Gasteiger partial charge in [0, 0.05) is 36.8 Å². The lowest BCUT2D eigenvalue weighted by Crippen LogP contribution is -2.48. The highest BCUT2D eigenvalue weighted by Gasteiger charge is 2.38. The monoisotopic (exact) mass is 488 g/mol. The van der Waals surface area contributed by atoms with Crippen LogP contribution in [0.2, 0.25) is 0 Å². The van der Waals surface area contributed by atoms with E-state index in [-0.39, 0.29) is 5.91 Å². The molecule has 188 valence electrons. The molecule has 3 aromatic heterocycles. The van der Waals surface area contributed by atoms with Crippen molar-refractivity contribution >= 4 is 40.1 Å². The maximum atomic E-state index is 12.4. The van der Waals surface area contributed by atoms with Gasteiger partial charge < -0.3 is 20.2 Å². The summed E-state index contributed by atoms with van der Waals surface area (Å²) in [6, 6.07) is 6.56. The second kappa shape index (κ2) is 9.25. The second-order valence-electron chi connectivity index (χ2n) is 10.2. The molecule has 3 saturated heterocycles. The van der Waals surface area contributed by atoms with Crippen LogP contribution < -0.4 is 15.1 Å². The number of hydrogen-bond donors (Lipinski definition) is 2. The Labute approximate surface area is 210 Å². The number of anilines is 4. The van der Waals surface area contributed by atoms with Crippen LogP contribution >= 0.6 is 0 Å². The summed E-state index contributed by atoms with van der Waals surface area (Å²) < 4.78 is 0. The van der Waals surface area contributed by atoms with Crippen LogP contribution in [0.1, 0.15) is 50.8 Å². The highest BCUT2D eigenvalue weighted by atomic mass is 16.3. The zero-order chi connectivity index (χ0) is 24.8. The van der Waals surface area contributed by atoms with Gasteiger partial charge in [-0.1, -0.05) is 0 Å². The van der Waals surface area contributed by atoms with E-state index in [1.165, 1.54) is 32.1 Å². The van der Waals surface area contributed by atoms with Crippen molar-refractivity contribution in [3.05, 3.63) is 36.3 Å². The minimum Gasteiger partial charge on any atom is -0.387 e. The van der Waals surface area contributed by atoms with Gasteiger partial charge in [0.15, 0.2) is 5.82 Å². The van der Waals surface area contributed by atoms with Gasteiger partial charge in [0.2, 0.25) is 11.9 Å². The number of piperidine rings is 1. The van der Waals surface area contributed by atoms with E-state index in [9.17, 15) is 9.90 Å². The molecule has 36 heavy (non-hydrogen) atoms. The summed E-state index contributed by atoms with van der Waals surface area (Å²) in [7, 11) is 1.95. The largest absolute Gasteiger partial charge is 0.387 e. The van der Waals surface area contributed by atoms with Crippen molar-refractivity contribution in [1.29, 1.82) is 0 Å². The SMILES string of the molecule is C[C@@H](O)c1cc2cnc(Nc3ccc(N4CCN(C)CC4=O)cn3)nc2c(N2C3CCCC2CC3)n1. The van der Waals surface area contributed by atoms with E-state index >= 15 is 0 Å². The summed E-state index contributed by atoms with van der Waals surface area (Å²) in [5.41, 5.74) is 2.22. The lowest BCUT2D eigenvalue weighted by Gasteiger charge is -2.36. The van der Waals surface area contributed by atoms with Gasteiger partial charge in [0.25, 0.3) is 0 Å². The molecule has 3 aliphatic heterocycles. The smallest absolute Gasteiger partial charge is 0.241 e. The maximum absolute atomic E-state index is 12.4. The molecule has 3 aliphatic rings. The summed E-state index contributed by atoms with van der Waals surface area (Å²) >= 11 is 0. The highest BCUT2D eigenvalue weighted by molar-refractivity contribution is 5.95. The quantitative estimate of drug-likeness (QED) is 0.560. The van der Waals surface area contributed by atoms with Crippen LogP contribution in [0.4, 0.5) is 23.3 Å². The molecule has 0 radical (unpaired) electrons. The average molecular weight is 489 g/mol. The molecule has 10 heteroatoms. The second-order valence-corrected chi connectivity index (χ2v) is 10.2. The molecule has 2 bridgehead atoms. The molecule has 3 atom stereocenters. The first-order valence-electron chi connectivity index (χ1n) is 12.8. The lowest BCUT2D eigenvalue weighted by atomic mass is 10.0.